The summed E-state index contributed by atoms with van der Waals surface area (Å²) in [4.78, 5) is 21.3. The predicted octanol–water partition coefficient (Wildman–Crippen LogP) is 3.00. The first-order valence-electron chi connectivity index (χ1n) is 9.24. The van der Waals surface area contributed by atoms with Crippen LogP contribution in [0.25, 0.3) is 0 Å². The number of likely N-dealkylation sites (N-methyl/N-ethyl adjacent to an activating group) is 1. The summed E-state index contributed by atoms with van der Waals surface area (Å²) in [5.41, 5.74) is 0.431. The van der Waals surface area contributed by atoms with Gasteiger partial charge in [0.05, 0.1) is 12.0 Å². The van der Waals surface area contributed by atoms with E-state index in [1.165, 1.54) is 0 Å². The van der Waals surface area contributed by atoms with Gasteiger partial charge in [-0.05, 0) is 38.4 Å². The van der Waals surface area contributed by atoms with Crippen LogP contribution in [0, 0.1) is 0 Å². The van der Waals surface area contributed by atoms with Gasteiger partial charge in [0.1, 0.15) is 17.3 Å². The number of aromatic nitrogens is 2. The van der Waals surface area contributed by atoms with Gasteiger partial charge in [-0.3, -0.25) is 9.78 Å². The van der Waals surface area contributed by atoms with Crippen LogP contribution in [0.3, 0.4) is 0 Å². The van der Waals surface area contributed by atoms with Crippen LogP contribution in [0.4, 0.5) is 5.95 Å². The second-order valence-electron chi connectivity index (χ2n) is 6.74. The van der Waals surface area contributed by atoms with E-state index in [1.807, 2.05) is 12.1 Å². The lowest BCUT2D eigenvalue weighted by atomic mass is 10.2. The fraction of sp³-hybridized carbons (Fsp3) is 0.400. The number of anilines is 1. The fourth-order valence-electron chi connectivity index (χ4n) is 2.62. The maximum atomic E-state index is 12.1. The van der Waals surface area contributed by atoms with Crippen LogP contribution in [0.5, 0.6) is 0 Å². The van der Waals surface area contributed by atoms with Crippen LogP contribution in [0.2, 0.25) is 0 Å². The Morgan fingerprint density at radius 3 is 2.82 bits per heavy atom. The van der Waals surface area contributed by atoms with Crippen molar-refractivity contribution in [3.8, 4) is 0 Å². The molecule has 150 valence electrons. The zero-order valence-electron chi connectivity index (χ0n) is 16.2. The number of hydrogen-bond donors (Lipinski definition) is 2. The Labute approximate surface area is 168 Å². The van der Waals surface area contributed by atoms with Crippen molar-refractivity contribution in [2.24, 2.45) is 0 Å². The Kier molecular flexibility index (Phi) is 7.39. The van der Waals surface area contributed by atoms with Crippen LogP contribution in [0.15, 0.2) is 50.4 Å². The van der Waals surface area contributed by atoms with E-state index in [2.05, 4.69) is 40.3 Å². The first kappa shape index (κ1) is 20.3. The number of hydrogen-bond acceptors (Lipinski definition) is 7. The van der Waals surface area contributed by atoms with Crippen LogP contribution in [-0.4, -0.2) is 47.8 Å². The second-order valence-corrected chi connectivity index (χ2v) is 7.85. The molecule has 0 radical (unpaired) electrons. The Morgan fingerprint density at radius 1 is 1.21 bits per heavy atom. The van der Waals surface area contributed by atoms with Crippen molar-refractivity contribution in [1.29, 1.82) is 0 Å². The summed E-state index contributed by atoms with van der Waals surface area (Å²) < 4.78 is 11.1. The molecule has 0 aliphatic heterocycles. The minimum absolute atomic E-state index is 0.151. The van der Waals surface area contributed by atoms with Gasteiger partial charge in [-0.1, -0.05) is 0 Å². The molecule has 0 unspecified atom stereocenters. The van der Waals surface area contributed by atoms with Gasteiger partial charge in [0.2, 0.25) is 5.95 Å². The summed E-state index contributed by atoms with van der Waals surface area (Å²) >= 11 is 1.77. The van der Waals surface area contributed by atoms with Crippen molar-refractivity contribution in [2.45, 2.75) is 18.6 Å². The van der Waals surface area contributed by atoms with Crippen LogP contribution in [-0.2, 0) is 18.6 Å². The highest BCUT2D eigenvalue weighted by Gasteiger charge is 2.06. The van der Waals surface area contributed by atoms with E-state index in [-0.39, 0.29) is 5.56 Å². The first-order valence-corrected chi connectivity index (χ1v) is 10.4. The third-order valence-electron chi connectivity index (χ3n) is 4.12. The molecule has 0 aromatic carbocycles. The van der Waals surface area contributed by atoms with Crippen molar-refractivity contribution in [3.05, 3.63) is 69.9 Å². The maximum Gasteiger partial charge on any atom is 0.255 e. The lowest BCUT2D eigenvalue weighted by Crippen LogP contribution is -2.18. The first-order chi connectivity index (χ1) is 13.6. The van der Waals surface area contributed by atoms with Crippen molar-refractivity contribution in [1.82, 2.24) is 14.9 Å². The largest absolute Gasteiger partial charge is 0.469 e. The van der Waals surface area contributed by atoms with Crippen molar-refractivity contribution in [2.75, 3.05) is 38.3 Å². The Balaban J connectivity index is 1.37. The van der Waals surface area contributed by atoms with E-state index in [1.54, 1.807) is 30.3 Å². The number of aromatic amines is 1. The van der Waals surface area contributed by atoms with Gasteiger partial charge in [-0.15, -0.1) is 0 Å². The summed E-state index contributed by atoms with van der Waals surface area (Å²) in [6.07, 6.45) is 4.55. The highest BCUT2D eigenvalue weighted by Crippen LogP contribution is 2.16. The van der Waals surface area contributed by atoms with E-state index in [0.29, 0.717) is 24.5 Å². The van der Waals surface area contributed by atoms with E-state index < -0.39 is 0 Å². The molecule has 0 saturated heterocycles. The minimum Gasteiger partial charge on any atom is -0.469 e. The molecule has 28 heavy (non-hydrogen) atoms. The number of furan rings is 2. The van der Waals surface area contributed by atoms with Gasteiger partial charge in [0.15, 0.2) is 0 Å². The summed E-state index contributed by atoms with van der Waals surface area (Å²) in [6, 6.07) is 7.74. The van der Waals surface area contributed by atoms with Crippen LogP contribution >= 0.6 is 11.8 Å². The lowest BCUT2D eigenvalue weighted by molar-refractivity contribution is 0.385. The molecule has 0 spiro atoms. The van der Waals surface area contributed by atoms with Gasteiger partial charge in [-0.2, -0.15) is 11.8 Å². The van der Waals surface area contributed by atoms with E-state index in [9.17, 15) is 4.79 Å². The topological polar surface area (TPSA) is 87.3 Å². The van der Waals surface area contributed by atoms with E-state index >= 15 is 0 Å². The standard InChI is InChI=1S/C20H26N4O3S/c1-24(2)9-7-16-5-6-18(27-16)14-28-11-8-21-20-22-13-15(19(25)23-20)12-17-4-3-10-26-17/h3-6,10,13H,7-9,11-12,14H2,1-2H3,(H2,21,22,23,25). The molecule has 3 aromatic heterocycles. The van der Waals surface area contributed by atoms with Gasteiger partial charge >= 0.3 is 0 Å². The molecule has 0 atom stereocenters. The highest BCUT2D eigenvalue weighted by atomic mass is 32.2. The summed E-state index contributed by atoms with van der Waals surface area (Å²) in [5, 5.41) is 3.15. The summed E-state index contributed by atoms with van der Waals surface area (Å²) in [6.45, 7) is 1.69. The third kappa shape index (κ3) is 6.31. The lowest BCUT2D eigenvalue weighted by Gasteiger charge is -2.07. The smallest absolute Gasteiger partial charge is 0.255 e. The number of nitrogens with zero attached hydrogens (tertiary/aromatic N) is 2. The molecule has 0 fully saturated rings. The normalized spacial score (nSPS) is 11.2. The predicted molar refractivity (Wildman–Crippen MR) is 112 cm³/mol. The molecular weight excluding hydrogens is 376 g/mol. The van der Waals surface area contributed by atoms with Gasteiger partial charge < -0.3 is 19.1 Å². The van der Waals surface area contributed by atoms with Crippen LogP contribution < -0.4 is 10.9 Å². The fourth-order valence-corrected chi connectivity index (χ4v) is 3.37. The van der Waals surface area contributed by atoms with E-state index in [0.717, 1.165) is 41.8 Å². The molecule has 7 nitrogen and oxygen atoms in total. The van der Waals surface area contributed by atoms with Crippen molar-refractivity contribution < 1.29 is 8.83 Å². The zero-order chi connectivity index (χ0) is 19.8. The molecule has 8 heteroatoms. The average Bonchev–Trinajstić information content (AvgIpc) is 3.34. The van der Waals surface area contributed by atoms with E-state index in [4.69, 9.17) is 8.83 Å². The molecule has 0 bridgehead atoms. The molecule has 3 aromatic rings. The number of rotatable bonds is 11. The Bertz CT molecular complexity index is 902. The number of nitrogens with one attached hydrogen (secondary N) is 2. The SMILES string of the molecule is CN(C)CCc1ccc(CSCCNc2ncc(Cc3ccco3)c(=O)[nH]2)o1. The molecule has 0 aliphatic rings. The maximum absolute atomic E-state index is 12.1. The second kappa shape index (κ2) is 10.2. The minimum atomic E-state index is -0.151. The highest BCUT2D eigenvalue weighted by molar-refractivity contribution is 7.98. The quantitative estimate of drug-likeness (QED) is 0.477. The zero-order valence-corrected chi connectivity index (χ0v) is 17.1. The molecule has 0 aliphatic carbocycles. The van der Waals surface area contributed by atoms with Crippen molar-refractivity contribution >= 4 is 17.7 Å². The average molecular weight is 403 g/mol. The number of H-pyrrole nitrogens is 1. The molecule has 0 saturated carbocycles. The summed E-state index contributed by atoms with van der Waals surface area (Å²) in [5.74, 6) is 4.96. The Hall–Kier alpha value is -2.45. The van der Waals surface area contributed by atoms with Gasteiger partial charge in [0, 0.05) is 43.4 Å². The summed E-state index contributed by atoms with van der Waals surface area (Å²) in [7, 11) is 4.11. The molecule has 2 N–H and O–H groups in total. The van der Waals surface area contributed by atoms with Gasteiger partial charge in [-0.25, -0.2) is 4.98 Å². The Morgan fingerprint density at radius 2 is 2.07 bits per heavy atom. The van der Waals surface area contributed by atoms with Gasteiger partial charge in [0.25, 0.3) is 5.56 Å². The molecule has 0 amide bonds. The van der Waals surface area contributed by atoms with Crippen LogP contribution in [0.1, 0.15) is 22.8 Å². The third-order valence-corrected chi connectivity index (χ3v) is 5.11. The van der Waals surface area contributed by atoms with Crippen molar-refractivity contribution in [3.63, 3.8) is 0 Å². The molecule has 3 rings (SSSR count). The molecular formula is C20H26N4O3S. The monoisotopic (exact) mass is 402 g/mol. The molecule has 3 heterocycles. The number of thioether (sulfide) groups is 1.